The number of halogens is 3. The largest absolute Gasteiger partial charge is 0.457 e. The molecular formula is C21H16F3N3O2. The molecule has 5 nitrogen and oxygen atoms in total. The van der Waals surface area contributed by atoms with Crippen molar-refractivity contribution in [3.8, 4) is 11.5 Å². The molecule has 0 saturated carbocycles. The zero-order chi connectivity index (χ0) is 20.6. The van der Waals surface area contributed by atoms with Gasteiger partial charge in [-0.1, -0.05) is 6.07 Å². The zero-order valence-corrected chi connectivity index (χ0v) is 15.1. The average Bonchev–Trinajstić information content (AvgIpc) is 2.68. The minimum absolute atomic E-state index is 0.212. The van der Waals surface area contributed by atoms with Gasteiger partial charge in [0.2, 0.25) is 0 Å². The van der Waals surface area contributed by atoms with E-state index in [9.17, 15) is 18.0 Å². The lowest BCUT2D eigenvalue weighted by Gasteiger charge is -2.28. The predicted molar refractivity (Wildman–Crippen MR) is 102 cm³/mol. The Labute approximate surface area is 164 Å². The highest BCUT2D eigenvalue weighted by Gasteiger charge is 2.30. The van der Waals surface area contributed by atoms with E-state index in [1.807, 2.05) is 0 Å². The summed E-state index contributed by atoms with van der Waals surface area (Å²) in [6, 6.07) is 11.2. The second-order valence-electron chi connectivity index (χ2n) is 6.63. The number of hydrogen-bond donors (Lipinski definition) is 1. The first kappa shape index (κ1) is 18.8. The highest BCUT2D eigenvalue weighted by molar-refractivity contribution is 6.08. The summed E-state index contributed by atoms with van der Waals surface area (Å²) < 4.78 is 43.7. The summed E-state index contributed by atoms with van der Waals surface area (Å²) in [6.07, 6.45) is -0.684. The molecule has 8 heteroatoms. The van der Waals surface area contributed by atoms with E-state index in [1.54, 1.807) is 35.4 Å². The third-order valence-corrected chi connectivity index (χ3v) is 4.64. The molecule has 0 fully saturated rings. The summed E-state index contributed by atoms with van der Waals surface area (Å²) in [6.45, 7) is 0.496. The lowest BCUT2D eigenvalue weighted by molar-refractivity contribution is -0.137. The van der Waals surface area contributed by atoms with Gasteiger partial charge >= 0.3 is 6.18 Å². The van der Waals surface area contributed by atoms with Gasteiger partial charge in [0.1, 0.15) is 11.5 Å². The Balaban J connectivity index is 1.58. The van der Waals surface area contributed by atoms with Crippen molar-refractivity contribution in [1.82, 2.24) is 4.98 Å². The summed E-state index contributed by atoms with van der Waals surface area (Å²) in [5, 5.41) is 0. The van der Waals surface area contributed by atoms with Crippen LogP contribution >= 0.6 is 0 Å². The monoisotopic (exact) mass is 399 g/mol. The van der Waals surface area contributed by atoms with E-state index in [1.165, 1.54) is 18.3 Å². The smallest absolute Gasteiger partial charge is 0.416 e. The number of pyridine rings is 1. The number of carbonyl (C=O) groups is 1. The molecule has 0 bridgehead atoms. The predicted octanol–water partition coefficient (Wildman–Crippen LogP) is 4.68. The number of anilines is 2. The first-order chi connectivity index (χ1) is 13.8. The molecule has 3 aromatic rings. The van der Waals surface area contributed by atoms with Crippen LogP contribution < -0.4 is 15.4 Å². The van der Waals surface area contributed by atoms with Crippen molar-refractivity contribution in [1.29, 1.82) is 0 Å². The first-order valence-corrected chi connectivity index (χ1v) is 8.82. The van der Waals surface area contributed by atoms with Gasteiger partial charge < -0.3 is 15.4 Å². The number of nitrogen functional groups attached to an aromatic ring is 1. The molecule has 0 spiro atoms. The molecule has 0 unspecified atom stereocenters. The number of ether oxygens (including phenoxy) is 1. The van der Waals surface area contributed by atoms with Crippen LogP contribution in [0.4, 0.5) is 24.5 Å². The van der Waals surface area contributed by atoms with Gasteiger partial charge in [-0.2, -0.15) is 13.2 Å². The fourth-order valence-electron chi connectivity index (χ4n) is 3.20. The number of fused-ring (bicyclic) bond motifs is 1. The van der Waals surface area contributed by atoms with E-state index >= 15 is 0 Å². The van der Waals surface area contributed by atoms with Crippen LogP contribution in [0.2, 0.25) is 0 Å². The van der Waals surface area contributed by atoms with E-state index in [0.717, 1.165) is 17.7 Å². The SMILES string of the molecule is Nc1cncc(N2CCc3ccc(Oc4ccc(C(F)(F)F)cc4)cc3C2=O)c1. The molecule has 1 aromatic heterocycles. The molecule has 2 N–H and O–H groups in total. The first-order valence-electron chi connectivity index (χ1n) is 8.82. The molecule has 0 saturated heterocycles. The number of nitrogens with zero attached hydrogens (tertiary/aromatic N) is 2. The van der Waals surface area contributed by atoms with Gasteiger partial charge in [-0.25, -0.2) is 0 Å². The second kappa shape index (κ2) is 7.12. The van der Waals surface area contributed by atoms with Crippen molar-refractivity contribution in [3.05, 3.63) is 77.6 Å². The molecule has 4 rings (SSSR count). The summed E-state index contributed by atoms with van der Waals surface area (Å²) in [5.74, 6) is 0.402. The van der Waals surface area contributed by atoms with Crippen LogP contribution in [0, 0.1) is 0 Å². The number of aromatic nitrogens is 1. The topological polar surface area (TPSA) is 68.4 Å². The minimum Gasteiger partial charge on any atom is -0.457 e. The number of nitrogens with two attached hydrogens (primary N) is 1. The molecule has 0 radical (unpaired) electrons. The van der Waals surface area contributed by atoms with Gasteiger partial charge in [0.05, 0.1) is 23.1 Å². The molecule has 148 valence electrons. The van der Waals surface area contributed by atoms with Crippen LogP contribution in [0.15, 0.2) is 60.9 Å². The van der Waals surface area contributed by atoms with Gasteiger partial charge in [-0.3, -0.25) is 9.78 Å². The Morgan fingerprint density at radius 3 is 2.41 bits per heavy atom. The molecule has 1 aliphatic rings. The third-order valence-electron chi connectivity index (χ3n) is 4.64. The number of amides is 1. The summed E-state index contributed by atoms with van der Waals surface area (Å²) >= 11 is 0. The molecule has 29 heavy (non-hydrogen) atoms. The number of carbonyl (C=O) groups excluding carboxylic acids is 1. The van der Waals surface area contributed by atoms with Crippen LogP contribution in [0.3, 0.4) is 0 Å². The molecule has 2 heterocycles. The van der Waals surface area contributed by atoms with Crippen molar-refractivity contribution in [3.63, 3.8) is 0 Å². The lowest BCUT2D eigenvalue weighted by atomic mass is 9.98. The van der Waals surface area contributed by atoms with E-state index in [0.29, 0.717) is 35.7 Å². The molecule has 0 atom stereocenters. The molecule has 0 aliphatic carbocycles. The van der Waals surface area contributed by atoms with Crippen LogP contribution in [0.1, 0.15) is 21.5 Å². The normalized spacial score (nSPS) is 13.9. The highest BCUT2D eigenvalue weighted by Crippen LogP contribution is 2.33. The fourth-order valence-corrected chi connectivity index (χ4v) is 3.20. The van der Waals surface area contributed by atoms with Crippen LogP contribution in [-0.2, 0) is 12.6 Å². The van der Waals surface area contributed by atoms with Crippen molar-refractivity contribution in [2.24, 2.45) is 0 Å². The molecule has 1 amide bonds. The van der Waals surface area contributed by atoms with Gasteiger partial charge in [0.25, 0.3) is 5.91 Å². The minimum atomic E-state index is -4.41. The molecule has 2 aromatic carbocycles. The van der Waals surface area contributed by atoms with Crippen molar-refractivity contribution < 1.29 is 22.7 Å². The summed E-state index contributed by atoms with van der Waals surface area (Å²) in [7, 11) is 0. The lowest BCUT2D eigenvalue weighted by Crippen LogP contribution is -2.37. The van der Waals surface area contributed by atoms with Gasteiger partial charge in [0.15, 0.2) is 0 Å². The summed E-state index contributed by atoms with van der Waals surface area (Å²) in [5.41, 5.74) is 7.43. The van der Waals surface area contributed by atoms with E-state index in [4.69, 9.17) is 10.5 Å². The maximum atomic E-state index is 13.0. The maximum absolute atomic E-state index is 13.0. The van der Waals surface area contributed by atoms with Crippen LogP contribution in [-0.4, -0.2) is 17.4 Å². The van der Waals surface area contributed by atoms with Crippen LogP contribution in [0.5, 0.6) is 11.5 Å². The number of rotatable bonds is 3. The van der Waals surface area contributed by atoms with Crippen LogP contribution in [0.25, 0.3) is 0 Å². The van der Waals surface area contributed by atoms with Crippen molar-refractivity contribution in [2.45, 2.75) is 12.6 Å². The number of benzene rings is 2. The number of alkyl halides is 3. The van der Waals surface area contributed by atoms with E-state index in [2.05, 4.69) is 4.98 Å². The van der Waals surface area contributed by atoms with Crippen molar-refractivity contribution in [2.75, 3.05) is 17.2 Å². The van der Waals surface area contributed by atoms with Crippen molar-refractivity contribution >= 4 is 17.3 Å². The Morgan fingerprint density at radius 1 is 1.00 bits per heavy atom. The maximum Gasteiger partial charge on any atom is 0.416 e. The van der Waals surface area contributed by atoms with E-state index < -0.39 is 11.7 Å². The Morgan fingerprint density at radius 2 is 1.72 bits per heavy atom. The Bertz CT molecular complexity index is 1070. The zero-order valence-electron chi connectivity index (χ0n) is 15.1. The Hall–Kier alpha value is -3.55. The molecule has 1 aliphatic heterocycles. The van der Waals surface area contributed by atoms with Gasteiger partial charge in [-0.15, -0.1) is 0 Å². The summed E-state index contributed by atoms with van der Waals surface area (Å²) in [4.78, 5) is 18.6. The highest BCUT2D eigenvalue weighted by atomic mass is 19.4. The van der Waals surface area contributed by atoms with Gasteiger partial charge in [0, 0.05) is 18.3 Å². The van der Waals surface area contributed by atoms with Gasteiger partial charge in [-0.05, 0) is 54.4 Å². The average molecular weight is 399 g/mol. The standard InChI is InChI=1S/C21H16F3N3O2/c22-21(23,24)14-2-5-17(6-3-14)29-18-4-1-13-7-8-27(20(28)19(13)10-18)16-9-15(25)11-26-12-16/h1-6,9-12H,7-8,25H2. The number of hydrogen-bond acceptors (Lipinski definition) is 4. The van der Waals surface area contributed by atoms with E-state index in [-0.39, 0.29) is 11.7 Å². The third kappa shape index (κ3) is 3.87. The molecular weight excluding hydrogens is 383 g/mol. The Kier molecular flexibility index (Phi) is 4.62. The second-order valence-corrected chi connectivity index (χ2v) is 6.63. The quantitative estimate of drug-likeness (QED) is 0.695. The fraction of sp³-hybridized carbons (Fsp3) is 0.143.